The zero-order valence-corrected chi connectivity index (χ0v) is 13.8. The van der Waals surface area contributed by atoms with Crippen LogP contribution in [0.4, 0.5) is 5.69 Å². The first kappa shape index (κ1) is 15.2. The molecule has 1 fully saturated rings. The molecule has 5 nitrogen and oxygen atoms in total. The summed E-state index contributed by atoms with van der Waals surface area (Å²) in [4.78, 5) is 14.8. The molecule has 1 atom stereocenters. The highest BCUT2D eigenvalue weighted by Gasteiger charge is 2.24. The van der Waals surface area contributed by atoms with E-state index in [2.05, 4.69) is 26.7 Å². The number of benzene rings is 1. The first-order valence-corrected chi connectivity index (χ1v) is 8.35. The summed E-state index contributed by atoms with van der Waals surface area (Å²) in [7, 11) is 0. The molecule has 0 bridgehead atoms. The molecule has 1 aliphatic rings. The first-order chi connectivity index (χ1) is 10.6. The Kier molecular flexibility index (Phi) is 4.59. The molecule has 116 valence electrons. The third kappa shape index (κ3) is 3.39. The summed E-state index contributed by atoms with van der Waals surface area (Å²) in [6, 6.07) is 5.97. The average molecular weight is 337 g/mol. The molecule has 0 saturated carbocycles. The second-order valence-electron chi connectivity index (χ2n) is 5.52. The number of nitrogens with zero attached hydrogens (tertiary/aromatic N) is 3. The quantitative estimate of drug-likeness (QED) is 0.932. The Morgan fingerprint density at radius 3 is 3.18 bits per heavy atom. The van der Waals surface area contributed by atoms with Crippen molar-refractivity contribution in [2.24, 2.45) is 5.92 Å². The van der Waals surface area contributed by atoms with Crippen LogP contribution in [0.25, 0.3) is 0 Å². The van der Waals surface area contributed by atoms with Crippen molar-refractivity contribution in [3.63, 3.8) is 0 Å². The number of rotatable bonds is 4. The highest BCUT2D eigenvalue weighted by atomic mass is 35.5. The molecule has 3 rings (SSSR count). The van der Waals surface area contributed by atoms with Crippen LogP contribution in [-0.2, 0) is 0 Å². The van der Waals surface area contributed by atoms with Gasteiger partial charge in [-0.1, -0.05) is 22.2 Å². The highest BCUT2D eigenvalue weighted by Crippen LogP contribution is 2.29. The minimum Gasteiger partial charge on any atom is -0.371 e. The number of amides is 1. The molecule has 2 aromatic rings. The second-order valence-corrected chi connectivity index (χ2v) is 6.75. The van der Waals surface area contributed by atoms with Gasteiger partial charge in [-0.05, 0) is 48.5 Å². The van der Waals surface area contributed by atoms with Gasteiger partial charge in [0, 0.05) is 30.3 Å². The van der Waals surface area contributed by atoms with Crippen molar-refractivity contribution in [1.29, 1.82) is 0 Å². The Morgan fingerprint density at radius 2 is 2.41 bits per heavy atom. The fourth-order valence-corrected chi connectivity index (χ4v) is 3.33. The lowest BCUT2D eigenvalue weighted by atomic mass is 10.1. The number of anilines is 1. The molecule has 0 radical (unpaired) electrons. The van der Waals surface area contributed by atoms with Gasteiger partial charge in [0.05, 0.1) is 6.20 Å². The Hall–Kier alpha value is -1.66. The van der Waals surface area contributed by atoms with Gasteiger partial charge in [0.25, 0.3) is 5.91 Å². The van der Waals surface area contributed by atoms with Crippen LogP contribution in [0.15, 0.2) is 24.4 Å². The molecular weight excluding hydrogens is 320 g/mol. The molecule has 1 N–H and O–H groups in total. The zero-order valence-electron chi connectivity index (χ0n) is 12.3. The molecule has 2 heterocycles. The SMILES string of the molecule is Cc1ccc(Cl)cc1N1CCC(CNC(=O)c2cnns2)C1. The van der Waals surface area contributed by atoms with E-state index in [4.69, 9.17) is 11.6 Å². The molecule has 0 aliphatic carbocycles. The monoisotopic (exact) mass is 336 g/mol. The van der Waals surface area contributed by atoms with Crippen molar-refractivity contribution in [3.05, 3.63) is 39.9 Å². The lowest BCUT2D eigenvalue weighted by Crippen LogP contribution is -2.30. The molecule has 1 aliphatic heterocycles. The van der Waals surface area contributed by atoms with E-state index in [1.807, 2.05) is 18.2 Å². The average Bonchev–Trinajstić information content (AvgIpc) is 3.18. The Balaban J connectivity index is 1.56. The highest BCUT2D eigenvalue weighted by molar-refractivity contribution is 7.07. The maximum absolute atomic E-state index is 11.9. The number of nitrogens with one attached hydrogen (secondary N) is 1. The number of hydrogen-bond acceptors (Lipinski definition) is 5. The van der Waals surface area contributed by atoms with Crippen molar-refractivity contribution in [2.75, 3.05) is 24.5 Å². The number of aromatic nitrogens is 2. The zero-order chi connectivity index (χ0) is 15.5. The fraction of sp³-hybridized carbons (Fsp3) is 0.400. The van der Waals surface area contributed by atoms with E-state index < -0.39 is 0 Å². The third-order valence-corrected chi connectivity index (χ3v) is 4.83. The normalized spacial score (nSPS) is 17.7. The summed E-state index contributed by atoms with van der Waals surface area (Å²) in [5, 5.41) is 7.40. The van der Waals surface area contributed by atoms with Crippen LogP contribution in [-0.4, -0.2) is 35.1 Å². The van der Waals surface area contributed by atoms with E-state index in [9.17, 15) is 4.79 Å². The van der Waals surface area contributed by atoms with E-state index in [0.29, 0.717) is 17.3 Å². The summed E-state index contributed by atoms with van der Waals surface area (Å²) < 4.78 is 3.70. The predicted molar refractivity (Wildman–Crippen MR) is 88.8 cm³/mol. The molecule has 1 amide bonds. The van der Waals surface area contributed by atoms with Crippen LogP contribution in [0, 0.1) is 12.8 Å². The number of halogens is 1. The number of hydrogen-bond donors (Lipinski definition) is 1. The van der Waals surface area contributed by atoms with E-state index in [-0.39, 0.29) is 5.91 Å². The van der Waals surface area contributed by atoms with Gasteiger partial charge in [-0.25, -0.2) is 0 Å². The van der Waals surface area contributed by atoms with Crippen molar-refractivity contribution < 1.29 is 4.79 Å². The Bertz CT molecular complexity index is 662. The fourth-order valence-electron chi connectivity index (χ4n) is 2.73. The van der Waals surface area contributed by atoms with E-state index >= 15 is 0 Å². The summed E-state index contributed by atoms with van der Waals surface area (Å²) >= 11 is 7.21. The van der Waals surface area contributed by atoms with Crippen LogP contribution >= 0.6 is 23.1 Å². The van der Waals surface area contributed by atoms with Crippen LogP contribution in [0.5, 0.6) is 0 Å². The topological polar surface area (TPSA) is 58.1 Å². The van der Waals surface area contributed by atoms with Gasteiger partial charge in [-0.2, -0.15) is 0 Å². The summed E-state index contributed by atoms with van der Waals surface area (Å²) in [5.74, 6) is 0.357. The summed E-state index contributed by atoms with van der Waals surface area (Å²) in [6.45, 7) is 4.69. The summed E-state index contributed by atoms with van der Waals surface area (Å²) in [5.41, 5.74) is 2.41. The molecule has 1 aromatic carbocycles. The first-order valence-electron chi connectivity index (χ1n) is 7.20. The van der Waals surface area contributed by atoms with Crippen molar-refractivity contribution in [2.45, 2.75) is 13.3 Å². The molecule has 7 heteroatoms. The van der Waals surface area contributed by atoms with Gasteiger partial charge in [-0.15, -0.1) is 5.10 Å². The van der Waals surface area contributed by atoms with Crippen molar-refractivity contribution in [1.82, 2.24) is 14.9 Å². The predicted octanol–water partition coefficient (Wildman–Crippen LogP) is 2.76. The van der Waals surface area contributed by atoms with E-state index in [1.54, 1.807) is 0 Å². The standard InChI is InChI=1S/C15H17ClN4OS/c1-10-2-3-12(16)6-13(10)20-5-4-11(9-20)7-17-15(21)14-8-18-19-22-14/h2-3,6,8,11H,4-5,7,9H2,1H3,(H,17,21). The number of carbonyl (C=O) groups is 1. The lowest BCUT2D eigenvalue weighted by molar-refractivity contribution is 0.0952. The largest absolute Gasteiger partial charge is 0.371 e. The minimum atomic E-state index is -0.0904. The molecule has 1 aromatic heterocycles. The minimum absolute atomic E-state index is 0.0904. The molecule has 1 saturated heterocycles. The Morgan fingerprint density at radius 1 is 1.55 bits per heavy atom. The molecular formula is C15H17ClN4OS. The van der Waals surface area contributed by atoms with Gasteiger partial charge in [-0.3, -0.25) is 4.79 Å². The van der Waals surface area contributed by atoms with Gasteiger partial charge in [0.1, 0.15) is 4.88 Å². The summed E-state index contributed by atoms with van der Waals surface area (Å²) in [6.07, 6.45) is 2.56. The van der Waals surface area contributed by atoms with E-state index in [1.165, 1.54) is 17.4 Å². The molecule has 0 spiro atoms. The van der Waals surface area contributed by atoms with E-state index in [0.717, 1.165) is 36.1 Å². The van der Waals surface area contributed by atoms with Gasteiger partial charge < -0.3 is 10.2 Å². The van der Waals surface area contributed by atoms with Crippen LogP contribution in [0.2, 0.25) is 5.02 Å². The smallest absolute Gasteiger partial charge is 0.264 e. The van der Waals surface area contributed by atoms with Crippen molar-refractivity contribution in [3.8, 4) is 0 Å². The van der Waals surface area contributed by atoms with Gasteiger partial charge in [0.15, 0.2) is 0 Å². The Labute approximate surface area is 138 Å². The molecule has 1 unspecified atom stereocenters. The van der Waals surface area contributed by atoms with Crippen LogP contribution < -0.4 is 10.2 Å². The van der Waals surface area contributed by atoms with Crippen LogP contribution in [0.3, 0.4) is 0 Å². The maximum Gasteiger partial charge on any atom is 0.264 e. The third-order valence-electron chi connectivity index (χ3n) is 3.93. The van der Waals surface area contributed by atoms with Gasteiger partial charge >= 0.3 is 0 Å². The number of aryl methyl sites for hydroxylation is 1. The maximum atomic E-state index is 11.9. The lowest BCUT2D eigenvalue weighted by Gasteiger charge is -2.21. The second kappa shape index (κ2) is 6.62. The van der Waals surface area contributed by atoms with Gasteiger partial charge in [0.2, 0.25) is 0 Å². The van der Waals surface area contributed by atoms with Crippen molar-refractivity contribution >= 4 is 34.7 Å². The number of carbonyl (C=O) groups excluding carboxylic acids is 1. The van der Waals surface area contributed by atoms with Crippen LogP contribution in [0.1, 0.15) is 21.7 Å². The molecule has 22 heavy (non-hydrogen) atoms.